The number of fused-ring (bicyclic) bond motifs is 1. The maximum Gasteiger partial charge on any atom is 0.274 e. The van der Waals surface area contributed by atoms with Crippen LogP contribution in [0.2, 0.25) is 0 Å². The number of aromatic amines is 2. The molecule has 0 unspecified atom stereocenters. The van der Waals surface area contributed by atoms with E-state index in [2.05, 4.69) is 24.9 Å². The van der Waals surface area contributed by atoms with Crippen molar-refractivity contribution in [1.29, 1.82) is 0 Å². The van der Waals surface area contributed by atoms with Gasteiger partial charge in [-0.25, -0.2) is 15.0 Å². The van der Waals surface area contributed by atoms with E-state index in [9.17, 15) is 9.59 Å². The minimum Gasteiger partial charge on any atom is -0.481 e. The third kappa shape index (κ3) is 2.94. The fourth-order valence-corrected chi connectivity index (χ4v) is 2.87. The molecule has 1 aliphatic heterocycles. The first-order valence-electron chi connectivity index (χ1n) is 8.06. The van der Waals surface area contributed by atoms with Gasteiger partial charge in [0.1, 0.15) is 11.5 Å². The molecule has 26 heavy (non-hydrogen) atoms. The van der Waals surface area contributed by atoms with Gasteiger partial charge in [-0.1, -0.05) is 0 Å². The molecule has 3 aromatic rings. The molecule has 4 heterocycles. The normalized spacial score (nSPS) is 13.3. The molecule has 0 bridgehead atoms. The van der Waals surface area contributed by atoms with E-state index in [1.807, 2.05) is 6.07 Å². The second-order valence-electron chi connectivity index (χ2n) is 5.87. The molecule has 0 aromatic carbocycles. The van der Waals surface area contributed by atoms with Crippen LogP contribution < -0.4 is 10.3 Å². The van der Waals surface area contributed by atoms with Gasteiger partial charge in [-0.15, -0.1) is 0 Å². The summed E-state index contributed by atoms with van der Waals surface area (Å²) in [4.78, 5) is 43.8. The van der Waals surface area contributed by atoms with E-state index in [1.165, 1.54) is 6.20 Å². The van der Waals surface area contributed by atoms with Gasteiger partial charge in [-0.05, 0) is 6.07 Å². The molecule has 0 aliphatic carbocycles. The molecule has 0 fully saturated rings. The highest BCUT2D eigenvalue weighted by Gasteiger charge is 2.25. The Bertz CT molecular complexity index is 988. The van der Waals surface area contributed by atoms with Gasteiger partial charge in [-0.3, -0.25) is 9.59 Å². The van der Waals surface area contributed by atoms with Crippen LogP contribution in [0, 0.1) is 0 Å². The smallest absolute Gasteiger partial charge is 0.274 e. The minimum absolute atomic E-state index is 0.215. The molecular weight excluding hydrogens is 336 g/mol. The van der Waals surface area contributed by atoms with E-state index in [0.29, 0.717) is 31.2 Å². The summed E-state index contributed by atoms with van der Waals surface area (Å²) in [5, 5.41) is 0. The number of pyridine rings is 1. The third-order valence-electron chi connectivity index (χ3n) is 4.23. The van der Waals surface area contributed by atoms with Gasteiger partial charge in [0.15, 0.2) is 0 Å². The Hall–Kier alpha value is -3.49. The van der Waals surface area contributed by atoms with Gasteiger partial charge in [0.2, 0.25) is 5.88 Å². The lowest BCUT2D eigenvalue weighted by atomic mass is 10.1. The first-order valence-corrected chi connectivity index (χ1v) is 8.06. The topological polar surface area (TPSA) is 117 Å². The van der Waals surface area contributed by atoms with Gasteiger partial charge >= 0.3 is 0 Å². The van der Waals surface area contributed by atoms with E-state index >= 15 is 0 Å². The van der Waals surface area contributed by atoms with Crippen molar-refractivity contribution < 1.29 is 9.53 Å². The Morgan fingerprint density at radius 3 is 2.85 bits per heavy atom. The van der Waals surface area contributed by atoms with E-state index < -0.39 is 0 Å². The average molecular weight is 352 g/mol. The summed E-state index contributed by atoms with van der Waals surface area (Å²) in [5.41, 5.74) is 2.55. The molecule has 9 nitrogen and oxygen atoms in total. The van der Waals surface area contributed by atoms with Crippen molar-refractivity contribution in [3.05, 3.63) is 58.2 Å². The lowest BCUT2D eigenvalue weighted by Gasteiger charge is -2.25. The number of hydrogen-bond donors (Lipinski definition) is 2. The average Bonchev–Trinajstić information content (AvgIpc) is 3.11. The third-order valence-corrected chi connectivity index (χ3v) is 4.23. The molecular formula is C17H16N6O3. The predicted octanol–water partition coefficient (Wildman–Crippen LogP) is 0.762. The van der Waals surface area contributed by atoms with Crippen LogP contribution in [0.15, 0.2) is 35.5 Å². The predicted molar refractivity (Wildman–Crippen MR) is 91.7 cm³/mol. The minimum atomic E-state index is -0.339. The lowest BCUT2D eigenvalue weighted by molar-refractivity contribution is 0.0725. The summed E-state index contributed by atoms with van der Waals surface area (Å²) in [5.74, 6) is 1.02. The standard InChI is InChI=1S/C17H16N6O3/c1-26-15-3-2-10(6-20-15)16-21-11-4-5-23(9-13(11)22-16)17(25)12-7-19-14(24)8-18-12/h2-3,6-8H,4-5,9H2,1H3,(H,19,24)(H,21,22). The highest BCUT2D eigenvalue weighted by molar-refractivity contribution is 5.92. The number of amides is 1. The number of H-pyrrole nitrogens is 2. The molecule has 4 rings (SSSR count). The maximum atomic E-state index is 12.6. The Labute approximate surface area is 148 Å². The quantitative estimate of drug-likeness (QED) is 0.719. The van der Waals surface area contributed by atoms with Crippen molar-refractivity contribution in [3.63, 3.8) is 0 Å². The molecule has 9 heteroatoms. The lowest BCUT2D eigenvalue weighted by Crippen LogP contribution is -2.36. The molecule has 132 valence electrons. The highest BCUT2D eigenvalue weighted by atomic mass is 16.5. The molecule has 1 amide bonds. The van der Waals surface area contributed by atoms with E-state index in [-0.39, 0.29) is 17.2 Å². The van der Waals surface area contributed by atoms with Gasteiger partial charge in [0, 0.05) is 37.0 Å². The van der Waals surface area contributed by atoms with Crippen molar-refractivity contribution in [3.8, 4) is 17.3 Å². The van der Waals surface area contributed by atoms with Crippen molar-refractivity contribution in [2.24, 2.45) is 0 Å². The SMILES string of the molecule is COc1ccc(-c2nc3c([nH]2)CN(C(=O)c2c[nH]c(=O)cn2)CC3)cn1. The van der Waals surface area contributed by atoms with Crippen LogP contribution in [-0.2, 0) is 13.0 Å². The number of carbonyl (C=O) groups is 1. The molecule has 1 aliphatic rings. The van der Waals surface area contributed by atoms with Crippen molar-refractivity contribution in [2.45, 2.75) is 13.0 Å². The van der Waals surface area contributed by atoms with Crippen molar-refractivity contribution >= 4 is 5.91 Å². The number of rotatable bonds is 3. The number of aromatic nitrogens is 5. The fraction of sp³-hybridized carbons (Fsp3) is 0.235. The number of ether oxygens (including phenoxy) is 1. The Morgan fingerprint density at radius 1 is 1.27 bits per heavy atom. The van der Waals surface area contributed by atoms with Crippen LogP contribution in [0.25, 0.3) is 11.4 Å². The molecule has 0 spiro atoms. The Morgan fingerprint density at radius 2 is 2.15 bits per heavy atom. The van der Waals surface area contributed by atoms with Crippen LogP contribution in [0.3, 0.4) is 0 Å². The zero-order valence-electron chi connectivity index (χ0n) is 14.0. The van der Waals surface area contributed by atoms with Crippen LogP contribution in [0.1, 0.15) is 21.9 Å². The highest BCUT2D eigenvalue weighted by Crippen LogP contribution is 2.23. The molecule has 0 radical (unpaired) electrons. The number of carbonyl (C=O) groups excluding carboxylic acids is 1. The first-order chi connectivity index (χ1) is 12.6. The monoisotopic (exact) mass is 352 g/mol. The summed E-state index contributed by atoms with van der Waals surface area (Å²) >= 11 is 0. The van der Waals surface area contributed by atoms with E-state index in [0.717, 1.165) is 23.1 Å². The number of methoxy groups -OCH3 is 1. The molecule has 2 N–H and O–H groups in total. The molecule has 3 aromatic heterocycles. The number of nitrogens with zero attached hydrogens (tertiary/aromatic N) is 4. The fourth-order valence-electron chi connectivity index (χ4n) is 2.87. The van der Waals surface area contributed by atoms with Crippen molar-refractivity contribution in [1.82, 2.24) is 29.8 Å². The first kappa shape index (κ1) is 16.0. The van der Waals surface area contributed by atoms with Gasteiger partial charge in [-0.2, -0.15) is 0 Å². The van der Waals surface area contributed by atoms with Crippen molar-refractivity contribution in [2.75, 3.05) is 13.7 Å². The Balaban J connectivity index is 1.55. The van der Waals surface area contributed by atoms with Crippen LogP contribution in [0.4, 0.5) is 0 Å². The Kier molecular flexibility index (Phi) is 3.96. The summed E-state index contributed by atoms with van der Waals surface area (Å²) < 4.78 is 5.06. The number of imidazole rings is 1. The second kappa shape index (κ2) is 6.43. The van der Waals surface area contributed by atoms with Gasteiger partial charge < -0.3 is 19.6 Å². The number of nitrogens with one attached hydrogen (secondary N) is 2. The van der Waals surface area contributed by atoms with E-state index in [4.69, 9.17) is 4.74 Å². The van der Waals surface area contributed by atoms with Gasteiger partial charge in [0.25, 0.3) is 11.5 Å². The summed E-state index contributed by atoms with van der Waals surface area (Å²) in [6, 6.07) is 3.65. The van der Waals surface area contributed by atoms with E-state index in [1.54, 1.807) is 24.3 Å². The van der Waals surface area contributed by atoms with Gasteiger partial charge in [0.05, 0.1) is 31.2 Å². The summed E-state index contributed by atoms with van der Waals surface area (Å²) in [7, 11) is 1.57. The zero-order valence-corrected chi connectivity index (χ0v) is 14.0. The largest absolute Gasteiger partial charge is 0.481 e. The molecule has 0 saturated carbocycles. The van der Waals surface area contributed by atoms with Crippen LogP contribution >= 0.6 is 0 Å². The zero-order chi connectivity index (χ0) is 18.1. The maximum absolute atomic E-state index is 12.6. The van der Waals surface area contributed by atoms with Crippen LogP contribution in [0.5, 0.6) is 5.88 Å². The molecule has 0 atom stereocenters. The number of hydrogen-bond acceptors (Lipinski definition) is 6. The second-order valence-corrected chi connectivity index (χ2v) is 5.87. The van der Waals surface area contributed by atoms with Crippen LogP contribution in [-0.4, -0.2) is 49.4 Å². The molecule has 0 saturated heterocycles. The summed E-state index contributed by atoms with van der Waals surface area (Å²) in [6.45, 7) is 0.948. The summed E-state index contributed by atoms with van der Waals surface area (Å²) in [6.07, 6.45) is 4.77.